The van der Waals surface area contributed by atoms with Crippen molar-refractivity contribution in [3.8, 4) is 5.75 Å². The summed E-state index contributed by atoms with van der Waals surface area (Å²) in [6.45, 7) is 0. The van der Waals surface area contributed by atoms with Gasteiger partial charge >= 0.3 is 5.97 Å². The van der Waals surface area contributed by atoms with Crippen LogP contribution in [0.15, 0.2) is 72.8 Å². The number of ether oxygens (including phenoxy) is 1. The highest BCUT2D eigenvalue weighted by Crippen LogP contribution is 2.31. The van der Waals surface area contributed by atoms with E-state index in [1.165, 1.54) is 6.08 Å². The Bertz CT molecular complexity index is 838. The summed E-state index contributed by atoms with van der Waals surface area (Å²) in [5, 5.41) is 2.31. The number of rotatable bonds is 3. The van der Waals surface area contributed by atoms with Crippen molar-refractivity contribution in [1.82, 2.24) is 0 Å². The van der Waals surface area contributed by atoms with E-state index in [-0.39, 0.29) is 0 Å². The molecule has 0 unspecified atom stereocenters. The van der Waals surface area contributed by atoms with Crippen LogP contribution in [0.2, 0.25) is 5.02 Å². The van der Waals surface area contributed by atoms with Crippen LogP contribution in [0.3, 0.4) is 0 Å². The summed E-state index contributed by atoms with van der Waals surface area (Å²) in [7, 11) is 0. The summed E-state index contributed by atoms with van der Waals surface area (Å²) in [4.78, 5) is 12.0. The number of benzene rings is 3. The molecule has 0 heterocycles. The summed E-state index contributed by atoms with van der Waals surface area (Å²) >= 11 is 6.15. The molecule has 0 spiro atoms. The fourth-order valence-electron chi connectivity index (χ4n) is 2.19. The van der Waals surface area contributed by atoms with Gasteiger partial charge in [0.05, 0.1) is 0 Å². The van der Waals surface area contributed by atoms with E-state index in [0.717, 1.165) is 16.3 Å². The molecular formula is C19H13ClO2. The fraction of sp³-hybridized carbons (Fsp3) is 0. The molecule has 22 heavy (non-hydrogen) atoms. The van der Waals surface area contributed by atoms with Gasteiger partial charge in [-0.2, -0.15) is 0 Å². The normalized spacial score (nSPS) is 11.0. The van der Waals surface area contributed by atoms with Crippen LogP contribution in [-0.2, 0) is 4.79 Å². The predicted molar refractivity (Wildman–Crippen MR) is 90.1 cm³/mol. The summed E-state index contributed by atoms with van der Waals surface area (Å²) < 4.78 is 5.42. The molecule has 108 valence electrons. The van der Waals surface area contributed by atoms with Crippen LogP contribution in [-0.4, -0.2) is 5.97 Å². The minimum Gasteiger partial charge on any atom is -0.423 e. The van der Waals surface area contributed by atoms with E-state index < -0.39 is 5.97 Å². The largest absolute Gasteiger partial charge is 0.423 e. The molecule has 0 amide bonds. The smallest absolute Gasteiger partial charge is 0.336 e. The van der Waals surface area contributed by atoms with Crippen LogP contribution in [0, 0.1) is 0 Å². The van der Waals surface area contributed by atoms with Gasteiger partial charge in [0.15, 0.2) is 0 Å². The second-order valence-corrected chi connectivity index (χ2v) is 5.16. The topological polar surface area (TPSA) is 26.3 Å². The molecule has 3 heteroatoms. The van der Waals surface area contributed by atoms with Crippen molar-refractivity contribution in [3.63, 3.8) is 0 Å². The Hall–Kier alpha value is -2.58. The van der Waals surface area contributed by atoms with E-state index in [1.54, 1.807) is 18.2 Å². The van der Waals surface area contributed by atoms with Gasteiger partial charge in [0.25, 0.3) is 0 Å². The van der Waals surface area contributed by atoms with Crippen LogP contribution in [0.4, 0.5) is 0 Å². The first-order valence-electron chi connectivity index (χ1n) is 6.86. The molecule has 3 rings (SSSR count). The maximum atomic E-state index is 12.0. The molecule has 0 aliphatic carbocycles. The first-order valence-corrected chi connectivity index (χ1v) is 7.24. The van der Waals surface area contributed by atoms with Crippen molar-refractivity contribution in [1.29, 1.82) is 0 Å². The Morgan fingerprint density at radius 3 is 2.32 bits per heavy atom. The lowest BCUT2D eigenvalue weighted by molar-refractivity contribution is -0.128. The summed E-state index contributed by atoms with van der Waals surface area (Å²) in [6, 6.07) is 20.6. The second-order valence-electron chi connectivity index (χ2n) is 4.76. The van der Waals surface area contributed by atoms with Gasteiger partial charge in [-0.1, -0.05) is 66.2 Å². The summed E-state index contributed by atoms with van der Waals surface area (Å²) in [6.07, 6.45) is 3.14. The van der Waals surface area contributed by atoms with Crippen molar-refractivity contribution < 1.29 is 9.53 Å². The van der Waals surface area contributed by atoms with Crippen molar-refractivity contribution >= 4 is 34.4 Å². The molecule has 0 aromatic heterocycles. The van der Waals surface area contributed by atoms with E-state index in [9.17, 15) is 4.79 Å². The molecule has 2 nitrogen and oxygen atoms in total. The van der Waals surface area contributed by atoms with Gasteiger partial charge in [0.2, 0.25) is 0 Å². The Morgan fingerprint density at radius 1 is 0.864 bits per heavy atom. The van der Waals surface area contributed by atoms with Gasteiger partial charge in [-0.15, -0.1) is 0 Å². The number of halogens is 1. The van der Waals surface area contributed by atoms with Gasteiger partial charge in [-0.3, -0.25) is 0 Å². The molecule has 0 radical (unpaired) electrons. The minimum atomic E-state index is -0.420. The number of fused-ring (bicyclic) bond motifs is 1. The number of hydrogen-bond acceptors (Lipinski definition) is 2. The van der Waals surface area contributed by atoms with Crippen molar-refractivity contribution in [2.24, 2.45) is 0 Å². The lowest BCUT2D eigenvalue weighted by Gasteiger charge is -2.07. The highest BCUT2D eigenvalue weighted by Gasteiger charge is 2.07. The molecule has 0 aliphatic rings. The van der Waals surface area contributed by atoms with E-state index in [2.05, 4.69) is 0 Å². The molecule has 0 bridgehead atoms. The molecule has 0 saturated heterocycles. The zero-order chi connectivity index (χ0) is 15.4. The Labute approximate surface area is 133 Å². The Kier molecular flexibility index (Phi) is 4.22. The minimum absolute atomic E-state index is 0.420. The molecule has 0 saturated carbocycles. The van der Waals surface area contributed by atoms with Crippen LogP contribution >= 0.6 is 11.6 Å². The van der Waals surface area contributed by atoms with Crippen LogP contribution in [0.1, 0.15) is 5.56 Å². The monoisotopic (exact) mass is 308 g/mol. The quantitative estimate of drug-likeness (QED) is 0.382. The zero-order valence-electron chi connectivity index (χ0n) is 11.7. The Balaban J connectivity index is 1.83. The van der Waals surface area contributed by atoms with E-state index in [0.29, 0.717) is 10.8 Å². The number of esters is 1. The zero-order valence-corrected chi connectivity index (χ0v) is 12.5. The molecule has 3 aromatic rings. The highest BCUT2D eigenvalue weighted by atomic mass is 35.5. The SMILES string of the molecule is O=C(/C=C/c1ccccc1)Oc1ccc(Cl)c2ccccc12. The average molecular weight is 309 g/mol. The number of carbonyl (C=O) groups is 1. The summed E-state index contributed by atoms with van der Waals surface area (Å²) in [5.74, 6) is 0.0824. The van der Waals surface area contributed by atoms with Crippen LogP contribution in [0.25, 0.3) is 16.8 Å². The maximum Gasteiger partial charge on any atom is 0.336 e. The van der Waals surface area contributed by atoms with Crippen LogP contribution < -0.4 is 4.74 Å². The van der Waals surface area contributed by atoms with Crippen molar-refractivity contribution in [2.75, 3.05) is 0 Å². The Morgan fingerprint density at radius 2 is 1.55 bits per heavy atom. The summed E-state index contributed by atoms with van der Waals surface area (Å²) in [5.41, 5.74) is 0.945. The van der Waals surface area contributed by atoms with Gasteiger partial charge in [-0.05, 0) is 23.8 Å². The molecule has 0 aliphatic heterocycles. The number of hydrogen-bond donors (Lipinski definition) is 0. The lowest BCUT2D eigenvalue weighted by Crippen LogP contribution is -2.04. The number of carbonyl (C=O) groups excluding carboxylic acids is 1. The lowest BCUT2D eigenvalue weighted by atomic mass is 10.1. The third kappa shape index (κ3) is 3.18. The molecule has 3 aromatic carbocycles. The third-order valence-corrected chi connectivity index (χ3v) is 3.58. The highest BCUT2D eigenvalue weighted by molar-refractivity contribution is 6.35. The van der Waals surface area contributed by atoms with Crippen molar-refractivity contribution in [2.45, 2.75) is 0 Å². The van der Waals surface area contributed by atoms with Gasteiger partial charge in [0, 0.05) is 21.9 Å². The predicted octanol–water partition coefficient (Wildman–Crippen LogP) is 5.11. The van der Waals surface area contributed by atoms with Gasteiger partial charge in [-0.25, -0.2) is 4.79 Å². The van der Waals surface area contributed by atoms with Gasteiger partial charge < -0.3 is 4.74 Å². The van der Waals surface area contributed by atoms with Crippen LogP contribution in [0.5, 0.6) is 5.75 Å². The molecule has 0 atom stereocenters. The third-order valence-electron chi connectivity index (χ3n) is 3.25. The molecular weight excluding hydrogens is 296 g/mol. The molecule has 0 fully saturated rings. The first kappa shape index (κ1) is 14.4. The average Bonchev–Trinajstić information content (AvgIpc) is 2.57. The van der Waals surface area contributed by atoms with E-state index in [1.807, 2.05) is 54.6 Å². The van der Waals surface area contributed by atoms with E-state index in [4.69, 9.17) is 16.3 Å². The molecule has 0 N–H and O–H groups in total. The van der Waals surface area contributed by atoms with Crippen molar-refractivity contribution in [3.05, 3.63) is 83.4 Å². The fourth-order valence-corrected chi connectivity index (χ4v) is 2.42. The maximum absolute atomic E-state index is 12.0. The standard InChI is InChI=1S/C19H13ClO2/c20-17-11-12-18(16-9-5-4-8-15(16)17)22-19(21)13-10-14-6-2-1-3-7-14/h1-13H/b13-10+. The van der Waals surface area contributed by atoms with E-state index >= 15 is 0 Å². The first-order chi connectivity index (χ1) is 10.7. The van der Waals surface area contributed by atoms with Gasteiger partial charge in [0.1, 0.15) is 5.75 Å². The second kappa shape index (κ2) is 6.46.